The average molecular weight is 343 g/mol. The highest BCUT2D eigenvalue weighted by Gasteiger charge is 2.33. The van der Waals surface area contributed by atoms with E-state index in [0.717, 1.165) is 12.1 Å². The lowest BCUT2D eigenvalue weighted by molar-refractivity contribution is -0.141. The third kappa shape index (κ3) is 3.87. The lowest BCUT2D eigenvalue weighted by Crippen LogP contribution is -2.33. The van der Waals surface area contributed by atoms with Gasteiger partial charge in [0.25, 0.3) is 0 Å². The summed E-state index contributed by atoms with van der Waals surface area (Å²) in [6.07, 6.45) is 0.145. The van der Waals surface area contributed by atoms with Crippen molar-refractivity contribution < 1.29 is 27.5 Å². The molecule has 1 fully saturated rings. The van der Waals surface area contributed by atoms with Crippen LogP contribution in [0.4, 0.5) is 4.39 Å². The fourth-order valence-electron chi connectivity index (χ4n) is 2.53. The minimum absolute atomic E-state index is 0.0379. The third-order valence-corrected chi connectivity index (χ3v) is 6.18. The van der Waals surface area contributed by atoms with Gasteiger partial charge in [-0.2, -0.15) is 0 Å². The zero-order valence-corrected chi connectivity index (χ0v) is 13.4. The van der Waals surface area contributed by atoms with Gasteiger partial charge in [-0.25, -0.2) is 12.8 Å². The molecule has 0 aliphatic carbocycles. The first-order valence-corrected chi connectivity index (χ1v) is 8.76. The van der Waals surface area contributed by atoms with Gasteiger partial charge in [-0.1, -0.05) is 0 Å². The van der Waals surface area contributed by atoms with E-state index in [0.29, 0.717) is 13.0 Å². The van der Waals surface area contributed by atoms with E-state index in [2.05, 4.69) is 0 Å². The van der Waals surface area contributed by atoms with Crippen LogP contribution in [0.5, 0.6) is 0 Å². The number of benzene rings is 1. The van der Waals surface area contributed by atoms with Gasteiger partial charge < -0.3 is 10.0 Å². The van der Waals surface area contributed by atoms with Crippen molar-refractivity contribution in [3.8, 4) is 0 Å². The van der Waals surface area contributed by atoms with Crippen molar-refractivity contribution in [2.45, 2.75) is 29.9 Å². The molecule has 1 aliphatic heterocycles. The van der Waals surface area contributed by atoms with Crippen LogP contribution < -0.4 is 0 Å². The van der Waals surface area contributed by atoms with E-state index in [1.165, 1.54) is 24.0 Å². The van der Waals surface area contributed by atoms with Gasteiger partial charge in [-0.15, -0.1) is 0 Å². The number of rotatable bonds is 5. The lowest BCUT2D eigenvalue weighted by atomic mass is 10.1. The number of sulfone groups is 1. The molecular formula is C15H18FNO5S. The monoisotopic (exact) mass is 343 g/mol. The maximum Gasteiger partial charge on any atom is 0.308 e. The number of aliphatic carboxylic acids is 1. The van der Waals surface area contributed by atoms with Crippen molar-refractivity contribution >= 4 is 21.7 Å². The van der Waals surface area contributed by atoms with Gasteiger partial charge >= 0.3 is 5.97 Å². The molecule has 2 rings (SSSR count). The van der Waals surface area contributed by atoms with Crippen LogP contribution >= 0.6 is 0 Å². The Labute approximate surface area is 133 Å². The summed E-state index contributed by atoms with van der Waals surface area (Å²) in [6, 6.07) is 4.45. The molecule has 0 radical (unpaired) electrons. The SMILES string of the molecule is CC(CC(=O)N1CCC(C(=O)O)C1)S(=O)(=O)c1ccc(F)cc1. The van der Waals surface area contributed by atoms with Gasteiger partial charge in [0.1, 0.15) is 5.82 Å². The lowest BCUT2D eigenvalue weighted by Gasteiger charge is -2.19. The van der Waals surface area contributed by atoms with E-state index in [1.54, 1.807) is 0 Å². The largest absolute Gasteiger partial charge is 0.481 e. The molecule has 0 spiro atoms. The number of hydrogen-bond donors (Lipinski definition) is 1. The smallest absolute Gasteiger partial charge is 0.308 e. The molecule has 1 N–H and O–H groups in total. The normalized spacial score (nSPS) is 19.6. The Morgan fingerprint density at radius 1 is 1.35 bits per heavy atom. The number of carboxylic acid groups (broad SMARTS) is 1. The number of carbonyl (C=O) groups is 2. The summed E-state index contributed by atoms with van der Waals surface area (Å²) >= 11 is 0. The molecule has 1 heterocycles. The van der Waals surface area contributed by atoms with Gasteiger partial charge in [0.2, 0.25) is 5.91 Å². The predicted octanol–water partition coefficient (Wildman–Crippen LogP) is 1.31. The van der Waals surface area contributed by atoms with Crippen LogP contribution in [0.3, 0.4) is 0 Å². The van der Waals surface area contributed by atoms with Gasteiger partial charge in [0, 0.05) is 19.5 Å². The maximum absolute atomic E-state index is 12.9. The van der Waals surface area contributed by atoms with Crippen molar-refractivity contribution in [2.24, 2.45) is 5.92 Å². The molecule has 126 valence electrons. The first kappa shape index (κ1) is 17.4. The van der Waals surface area contributed by atoms with Crippen LogP contribution in [0.1, 0.15) is 19.8 Å². The van der Waals surface area contributed by atoms with Crippen molar-refractivity contribution in [3.63, 3.8) is 0 Å². The van der Waals surface area contributed by atoms with Gasteiger partial charge in [0.05, 0.1) is 16.1 Å². The molecule has 6 nitrogen and oxygen atoms in total. The van der Waals surface area contributed by atoms with E-state index in [4.69, 9.17) is 5.11 Å². The van der Waals surface area contributed by atoms with Gasteiger partial charge in [0.15, 0.2) is 9.84 Å². The molecule has 8 heteroatoms. The molecule has 1 saturated heterocycles. The molecule has 1 aromatic rings. The Hall–Kier alpha value is -1.96. The number of hydrogen-bond acceptors (Lipinski definition) is 4. The molecule has 0 aromatic heterocycles. The summed E-state index contributed by atoms with van der Waals surface area (Å²) in [6.45, 7) is 1.85. The summed E-state index contributed by atoms with van der Waals surface area (Å²) in [5.74, 6) is -2.47. The summed E-state index contributed by atoms with van der Waals surface area (Å²) in [4.78, 5) is 24.4. The standard InChI is InChI=1S/C15H18FNO5S/c1-10(23(21,22)13-4-2-12(16)3-5-13)8-14(18)17-7-6-11(9-17)15(19)20/h2-5,10-11H,6-9H2,1H3,(H,19,20). The number of carboxylic acids is 1. The summed E-state index contributed by atoms with van der Waals surface area (Å²) in [5, 5.41) is 7.96. The third-order valence-electron chi connectivity index (χ3n) is 4.02. The highest BCUT2D eigenvalue weighted by molar-refractivity contribution is 7.92. The molecule has 1 aliphatic rings. The Bertz CT molecular complexity index is 701. The van der Waals surface area contributed by atoms with Crippen LogP contribution in [0.2, 0.25) is 0 Å². The van der Waals surface area contributed by atoms with Crippen molar-refractivity contribution in [3.05, 3.63) is 30.1 Å². The van der Waals surface area contributed by atoms with Gasteiger partial charge in [-0.3, -0.25) is 9.59 Å². The first-order chi connectivity index (χ1) is 10.7. The fourth-order valence-corrected chi connectivity index (χ4v) is 3.87. The van der Waals surface area contributed by atoms with E-state index >= 15 is 0 Å². The molecule has 1 aromatic carbocycles. The zero-order valence-electron chi connectivity index (χ0n) is 12.6. The summed E-state index contributed by atoms with van der Waals surface area (Å²) < 4.78 is 37.6. The van der Waals surface area contributed by atoms with E-state index in [-0.39, 0.29) is 23.8 Å². The number of amides is 1. The number of carbonyl (C=O) groups excluding carboxylic acids is 1. The molecule has 23 heavy (non-hydrogen) atoms. The maximum atomic E-state index is 12.9. The fraction of sp³-hybridized carbons (Fsp3) is 0.467. The Kier molecular flexibility index (Phi) is 5.03. The molecular weight excluding hydrogens is 325 g/mol. The molecule has 1 amide bonds. The Balaban J connectivity index is 2.03. The Morgan fingerprint density at radius 2 is 1.96 bits per heavy atom. The molecule has 0 bridgehead atoms. The highest BCUT2D eigenvalue weighted by atomic mass is 32.2. The molecule has 2 unspecified atom stereocenters. The highest BCUT2D eigenvalue weighted by Crippen LogP contribution is 2.22. The Morgan fingerprint density at radius 3 is 2.48 bits per heavy atom. The summed E-state index contributed by atoms with van der Waals surface area (Å²) in [5.41, 5.74) is 0. The second kappa shape index (κ2) is 6.66. The van der Waals surface area contributed by atoms with Crippen molar-refractivity contribution in [1.82, 2.24) is 4.90 Å². The van der Waals surface area contributed by atoms with Crippen LogP contribution in [-0.4, -0.2) is 48.6 Å². The van der Waals surface area contributed by atoms with Crippen molar-refractivity contribution in [2.75, 3.05) is 13.1 Å². The number of likely N-dealkylation sites (tertiary alicyclic amines) is 1. The van der Waals surface area contributed by atoms with Crippen LogP contribution in [0.25, 0.3) is 0 Å². The topological polar surface area (TPSA) is 91.8 Å². The number of halogens is 1. The summed E-state index contributed by atoms with van der Waals surface area (Å²) in [7, 11) is -3.74. The second-order valence-electron chi connectivity index (χ2n) is 5.68. The predicted molar refractivity (Wildman–Crippen MR) is 80.0 cm³/mol. The minimum Gasteiger partial charge on any atom is -0.481 e. The van der Waals surface area contributed by atoms with Crippen LogP contribution in [-0.2, 0) is 19.4 Å². The van der Waals surface area contributed by atoms with Gasteiger partial charge in [-0.05, 0) is 37.6 Å². The average Bonchev–Trinajstić information content (AvgIpc) is 2.97. The first-order valence-electron chi connectivity index (χ1n) is 7.22. The van der Waals surface area contributed by atoms with E-state index < -0.39 is 32.8 Å². The quantitative estimate of drug-likeness (QED) is 0.814. The van der Waals surface area contributed by atoms with Crippen molar-refractivity contribution in [1.29, 1.82) is 0 Å². The van der Waals surface area contributed by atoms with E-state index in [9.17, 15) is 22.4 Å². The molecule has 0 saturated carbocycles. The van der Waals surface area contributed by atoms with Crippen LogP contribution in [0.15, 0.2) is 29.2 Å². The molecule has 2 atom stereocenters. The second-order valence-corrected chi connectivity index (χ2v) is 8.04. The number of nitrogens with zero attached hydrogens (tertiary/aromatic N) is 1. The van der Waals surface area contributed by atoms with E-state index in [1.807, 2.05) is 0 Å². The zero-order chi connectivity index (χ0) is 17.2. The van der Waals surface area contributed by atoms with Crippen LogP contribution in [0, 0.1) is 11.7 Å². The minimum atomic E-state index is -3.74.